The third kappa shape index (κ3) is 2.84. The van der Waals surface area contributed by atoms with E-state index in [9.17, 15) is 4.79 Å². The zero-order valence-electron chi connectivity index (χ0n) is 14.3. The average molecular weight is 307 g/mol. The van der Waals surface area contributed by atoms with Gasteiger partial charge in [0.05, 0.1) is 0 Å². The van der Waals surface area contributed by atoms with Crippen LogP contribution in [0.15, 0.2) is 48.5 Å². The van der Waals surface area contributed by atoms with Crippen molar-refractivity contribution in [3.8, 4) is 0 Å². The predicted molar refractivity (Wildman–Crippen MR) is 94.3 cm³/mol. The summed E-state index contributed by atoms with van der Waals surface area (Å²) in [7, 11) is 0. The van der Waals surface area contributed by atoms with Crippen molar-refractivity contribution in [1.29, 1.82) is 0 Å². The summed E-state index contributed by atoms with van der Waals surface area (Å²) < 4.78 is 0. The van der Waals surface area contributed by atoms with E-state index in [0.29, 0.717) is 5.78 Å². The summed E-state index contributed by atoms with van der Waals surface area (Å²) >= 11 is 0. The van der Waals surface area contributed by atoms with Crippen LogP contribution >= 0.6 is 0 Å². The van der Waals surface area contributed by atoms with Crippen molar-refractivity contribution in [3.63, 3.8) is 0 Å². The first-order valence-corrected chi connectivity index (χ1v) is 8.41. The topological polar surface area (TPSA) is 29.1 Å². The standard InChI is InChI=1S/C21H25NO/c1-13-9-5-7-11-17(13)19-15(3)21(23)16(4)20(22-19)18-12-8-6-10-14(18)2/h5-12,15-16,19-20,22H,1-4H3/t15-,16-,19-,20-/m1/s1. The number of hydrogen-bond donors (Lipinski definition) is 1. The summed E-state index contributed by atoms with van der Waals surface area (Å²) in [6.07, 6.45) is 0. The Morgan fingerprint density at radius 2 is 1.13 bits per heavy atom. The van der Waals surface area contributed by atoms with Gasteiger partial charge >= 0.3 is 0 Å². The van der Waals surface area contributed by atoms with Crippen molar-refractivity contribution in [2.45, 2.75) is 39.8 Å². The van der Waals surface area contributed by atoms with Gasteiger partial charge in [-0.2, -0.15) is 0 Å². The summed E-state index contributed by atoms with van der Waals surface area (Å²) in [5.74, 6) is 0.336. The maximum atomic E-state index is 12.9. The number of carbonyl (C=O) groups excluding carboxylic acids is 1. The molecule has 2 nitrogen and oxygen atoms in total. The van der Waals surface area contributed by atoms with Gasteiger partial charge in [-0.3, -0.25) is 4.79 Å². The Labute approximate surface area is 138 Å². The third-order valence-corrected chi connectivity index (χ3v) is 5.30. The fourth-order valence-electron chi connectivity index (χ4n) is 3.82. The second-order valence-electron chi connectivity index (χ2n) is 6.81. The fraction of sp³-hybridized carbons (Fsp3) is 0.381. The number of Topliss-reactive ketones (excluding diaryl/α,β-unsaturated/α-hetero) is 1. The zero-order chi connectivity index (χ0) is 16.6. The molecule has 120 valence electrons. The molecule has 0 aromatic heterocycles. The highest BCUT2D eigenvalue weighted by molar-refractivity contribution is 5.85. The lowest BCUT2D eigenvalue weighted by Gasteiger charge is -2.40. The van der Waals surface area contributed by atoms with Gasteiger partial charge in [0, 0.05) is 23.9 Å². The number of carbonyl (C=O) groups is 1. The average Bonchev–Trinajstić information content (AvgIpc) is 2.55. The number of rotatable bonds is 2. The smallest absolute Gasteiger partial charge is 0.142 e. The minimum Gasteiger partial charge on any atom is -0.302 e. The van der Waals surface area contributed by atoms with Gasteiger partial charge in [0.15, 0.2) is 0 Å². The second kappa shape index (κ2) is 6.29. The number of aryl methyl sites for hydroxylation is 2. The highest BCUT2D eigenvalue weighted by atomic mass is 16.1. The van der Waals surface area contributed by atoms with E-state index in [0.717, 1.165) is 0 Å². The number of piperidine rings is 1. The summed E-state index contributed by atoms with van der Waals surface area (Å²) in [5, 5.41) is 3.78. The van der Waals surface area contributed by atoms with Gasteiger partial charge in [-0.25, -0.2) is 0 Å². The van der Waals surface area contributed by atoms with Gasteiger partial charge in [0.2, 0.25) is 0 Å². The van der Waals surface area contributed by atoms with Gasteiger partial charge < -0.3 is 5.32 Å². The van der Waals surface area contributed by atoms with Crippen LogP contribution in [0.4, 0.5) is 0 Å². The van der Waals surface area contributed by atoms with Crippen LogP contribution in [0.2, 0.25) is 0 Å². The van der Waals surface area contributed by atoms with E-state index in [1.807, 2.05) is 0 Å². The molecule has 2 heteroatoms. The quantitative estimate of drug-likeness (QED) is 0.883. The van der Waals surface area contributed by atoms with Crippen molar-refractivity contribution in [2.24, 2.45) is 11.8 Å². The molecule has 2 aromatic rings. The van der Waals surface area contributed by atoms with Crippen LogP contribution in [0, 0.1) is 25.7 Å². The van der Waals surface area contributed by atoms with Crippen LogP contribution in [0.5, 0.6) is 0 Å². The van der Waals surface area contributed by atoms with E-state index < -0.39 is 0 Å². The van der Waals surface area contributed by atoms with Crippen molar-refractivity contribution in [2.75, 3.05) is 0 Å². The number of nitrogens with one attached hydrogen (secondary N) is 1. The summed E-state index contributed by atoms with van der Waals surface area (Å²) in [6.45, 7) is 8.35. The normalized spacial score (nSPS) is 27.9. The molecule has 0 amide bonds. The number of ketones is 1. The molecular formula is C21H25NO. The number of benzene rings is 2. The Hall–Kier alpha value is -1.93. The van der Waals surface area contributed by atoms with Gasteiger partial charge in [-0.15, -0.1) is 0 Å². The Morgan fingerprint density at radius 3 is 1.52 bits per heavy atom. The molecule has 0 radical (unpaired) electrons. The lowest BCUT2D eigenvalue weighted by Crippen LogP contribution is -2.46. The molecule has 1 aliphatic heterocycles. The Balaban J connectivity index is 2.02. The maximum absolute atomic E-state index is 12.9. The Bertz CT molecular complexity index is 662. The highest BCUT2D eigenvalue weighted by Gasteiger charge is 2.40. The first kappa shape index (κ1) is 15.9. The van der Waals surface area contributed by atoms with E-state index in [-0.39, 0.29) is 23.9 Å². The minimum absolute atomic E-state index is 0.00799. The summed E-state index contributed by atoms with van der Waals surface area (Å²) in [4.78, 5) is 12.9. The minimum atomic E-state index is -0.00799. The molecule has 0 bridgehead atoms. The van der Waals surface area contributed by atoms with Crippen molar-refractivity contribution >= 4 is 5.78 Å². The molecule has 1 heterocycles. The fourth-order valence-corrected chi connectivity index (χ4v) is 3.82. The molecule has 0 saturated carbocycles. The van der Waals surface area contributed by atoms with Crippen LogP contribution in [0.1, 0.15) is 48.2 Å². The molecule has 1 fully saturated rings. The Morgan fingerprint density at radius 1 is 0.739 bits per heavy atom. The number of hydrogen-bond acceptors (Lipinski definition) is 2. The lowest BCUT2D eigenvalue weighted by molar-refractivity contribution is -0.130. The molecule has 1 aliphatic rings. The second-order valence-corrected chi connectivity index (χ2v) is 6.81. The van der Waals surface area contributed by atoms with E-state index in [1.54, 1.807) is 0 Å². The van der Waals surface area contributed by atoms with Gasteiger partial charge in [-0.05, 0) is 36.1 Å². The molecule has 0 spiro atoms. The molecular weight excluding hydrogens is 282 g/mol. The largest absolute Gasteiger partial charge is 0.302 e. The zero-order valence-corrected chi connectivity index (χ0v) is 14.3. The molecule has 4 atom stereocenters. The highest BCUT2D eigenvalue weighted by Crippen LogP contribution is 2.39. The monoisotopic (exact) mass is 307 g/mol. The molecule has 3 rings (SSSR count). The van der Waals surface area contributed by atoms with Crippen LogP contribution in [-0.2, 0) is 4.79 Å². The van der Waals surface area contributed by atoms with Crippen molar-refractivity contribution < 1.29 is 4.79 Å². The van der Waals surface area contributed by atoms with Crippen LogP contribution in [-0.4, -0.2) is 5.78 Å². The molecule has 1 saturated heterocycles. The van der Waals surface area contributed by atoms with Gasteiger partial charge in [0.1, 0.15) is 5.78 Å². The molecule has 1 N–H and O–H groups in total. The molecule has 0 unspecified atom stereocenters. The van der Waals surface area contributed by atoms with E-state index >= 15 is 0 Å². The maximum Gasteiger partial charge on any atom is 0.142 e. The van der Waals surface area contributed by atoms with Gasteiger partial charge in [-0.1, -0.05) is 62.4 Å². The van der Waals surface area contributed by atoms with E-state index in [1.165, 1.54) is 22.3 Å². The van der Waals surface area contributed by atoms with Crippen molar-refractivity contribution in [3.05, 3.63) is 70.8 Å². The van der Waals surface area contributed by atoms with Gasteiger partial charge in [0.25, 0.3) is 0 Å². The SMILES string of the molecule is Cc1ccccc1[C@@H]1N[C@@H](c2ccccc2C)[C@@H](C)C(=O)[C@@H]1C. The van der Waals surface area contributed by atoms with E-state index in [2.05, 4.69) is 81.5 Å². The molecule has 23 heavy (non-hydrogen) atoms. The Kier molecular flexibility index (Phi) is 4.36. The lowest BCUT2D eigenvalue weighted by atomic mass is 9.75. The van der Waals surface area contributed by atoms with Crippen LogP contribution in [0.3, 0.4) is 0 Å². The third-order valence-electron chi connectivity index (χ3n) is 5.30. The summed E-state index contributed by atoms with van der Waals surface area (Å²) in [5.41, 5.74) is 4.95. The van der Waals surface area contributed by atoms with E-state index in [4.69, 9.17) is 0 Å². The predicted octanol–water partition coefficient (Wildman–Crippen LogP) is 4.53. The summed E-state index contributed by atoms with van der Waals surface area (Å²) in [6, 6.07) is 16.9. The van der Waals surface area contributed by atoms with Crippen LogP contribution < -0.4 is 5.32 Å². The van der Waals surface area contributed by atoms with Crippen molar-refractivity contribution in [1.82, 2.24) is 5.32 Å². The first-order chi connectivity index (χ1) is 11.0. The first-order valence-electron chi connectivity index (χ1n) is 8.41. The molecule has 0 aliphatic carbocycles. The van der Waals surface area contributed by atoms with Crippen LogP contribution in [0.25, 0.3) is 0 Å². The molecule has 2 aromatic carbocycles.